The highest BCUT2D eigenvalue weighted by Crippen LogP contribution is 2.02. The third-order valence-electron chi connectivity index (χ3n) is 2.73. The second kappa shape index (κ2) is 4.86. The van der Waals surface area contributed by atoms with Gasteiger partial charge in [0.15, 0.2) is 0 Å². The quantitative estimate of drug-likeness (QED) is 0.790. The largest absolute Gasteiger partial charge is 0.350 e. The number of amides is 3. The third kappa shape index (κ3) is 2.75. The molecule has 0 saturated carbocycles. The van der Waals surface area contributed by atoms with Crippen LogP contribution in [0.15, 0.2) is 30.3 Å². The topological polar surface area (TPSA) is 61.4 Å². The lowest BCUT2D eigenvalue weighted by molar-refractivity contribution is -0.122. The first-order chi connectivity index (χ1) is 8.16. The molecule has 0 radical (unpaired) electrons. The van der Waals surface area contributed by atoms with E-state index in [1.165, 1.54) is 4.90 Å². The van der Waals surface area contributed by atoms with Crippen molar-refractivity contribution in [3.05, 3.63) is 35.9 Å². The Balaban J connectivity index is 1.84. The average Bonchev–Trinajstić information content (AvgIpc) is 2.68. The Morgan fingerprint density at radius 1 is 1.47 bits per heavy atom. The van der Waals surface area contributed by atoms with Gasteiger partial charge >= 0.3 is 6.03 Å². The summed E-state index contributed by atoms with van der Waals surface area (Å²) in [6, 6.07) is 9.01. The maximum absolute atomic E-state index is 11.8. The van der Waals surface area contributed by atoms with Crippen LogP contribution in [0.1, 0.15) is 5.56 Å². The van der Waals surface area contributed by atoms with Crippen LogP contribution < -0.4 is 10.6 Å². The van der Waals surface area contributed by atoms with Gasteiger partial charge in [-0.1, -0.05) is 30.3 Å². The smallest absolute Gasteiger partial charge is 0.317 e. The number of nitrogens with zero attached hydrogens (tertiary/aromatic N) is 1. The molecule has 1 aliphatic rings. The average molecular weight is 233 g/mol. The minimum atomic E-state index is -0.448. The molecule has 90 valence electrons. The van der Waals surface area contributed by atoms with Gasteiger partial charge in [0.25, 0.3) is 0 Å². The molecule has 1 atom stereocenters. The molecule has 0 aromatic heterocycles. The number of hydrogen-bond donors (Lipinski definition) is 2. The van der Waals surface area contributed by atoms with E-state index in [9.17, 15) is 9.59 Å². The van der Waals surface area contributed by atoms with Crippen LogP contribution in [-0.2, 0) is 11.3 Å². The number of carbonyl (C=O) groups excluding carboxylic acids is 2. The molecule has 0 spiro atoms. The van der Waals surface area contributed by atoms with Crippen LogP contribution in [0.4, 0.5) is 4.79 Å². The number of rotatable bonds is 3. The van der Waals surface area contributed by atoms with E-state index < -0.39 is 6.04 Å². The summed E-state index contributed by atoms with van der Waals surface area (Å²) in [6.45, 7) is 0.898. The van der Waals surface area contributed by atoms with Crippen LogP contribution >= 0.6 is 0 Å². The predicted octanol–water partition coefficient (Wildman–Crippen LogP) is 0.326. The van der Waals surface area contributed by atoms with Crippen LogP contribution in [0.5, 0.6) is 0 Å². The molecule has 5 nitrogen and oxygen atoms in total. The van der Waals surface area contributed by atoms with Crippen LogP contribution in [0.25, 0.3) is 0 Å². The van der Waals surface area contributed by atoms with Gasteiger partial charge in [0.1, 0.15) is 6.04 Å². The zero-order valence-electron chi connectivity index (χ0n) is 9.64. The Morgan fingerprint density at radius 2 is 2.18 bits per heavy atom. The molecule has 1 aliphatic heterocycles. The van der Waals surface area contributed by atoms with Crippen molar-refractivity contribution in [1.82, 2.24) is 15.5 Å². The van der Waals surface area contributed by atoms with E-state index in [0.29, 0.717) is 13.1 Å². The van der Waals surface area contributed by atoms with Gasteiger partial charge in [-0.25, -0.2) is 4.79 Å². The van der Waals surface area contributed by atoms with Crippen LogP contribution in [0.2, 0.25) is 0 Å². The lowest BCUT2D eigenvalue weighted by Crippen LogP contribution is -2.42. The van der Waals surface area contributed by atoms with Crippen LogP contribution in [0.3, 0.4) is 0 Å². The van der Waals surface area contributed by atoms with E-state index in [0.717, 1.165) is 5.56 Å². The summed E-state index contributed by atoms with van der Waals surface area (Å²) < 4.78 is 0. The Hall–Kier alpha value is -2.04. The first kappa shape index (κ1) is 11.4. The zero-order valence-corrected chi connectivity index (χ0v) is 9.64. The number of hydrogen-bond acceptors (Lipinski definition) is 2. The minimum absolute atomic E-state index is 0.147. The van der Waals surface area contributed by atoms with E-state index in [2.05, 4.69) is 10.6 Å². The first-order valence-corrected chi connectivity index (χ1v) is 5.50. The highest BCUT2D eigenvalue weighted by Gasteiger charge is 2.30. The highest BCUT2D eigenvalue weighted by molar-refractivity contribution is 5.90. The van der Waals surface area contributed by atoms with Crippen LogP contribution in [0, 0.1) is 0 Å². The number of benzene rings is 1. The SMILES string of the molecule is CN1CC(C(=O)NCc2ccccc2)NC1=O. The van der Waals surface area contributed by atoms with Crippen molar-refractivity contribution in [1.29, 1.82) is 0 Å². The van der Waals surface area contributed by atoms with E-state index in [4.69, 9.17) is 0 Å². The van der Waals surface area contributed by atoms with Gasteiger partial charge < -0.3 is 15.5 Å². The Morgan fingerprint density at radius 3 is 2.76 bits per heavy atom. The fourth-order valence-electron chi connectivity index (χ4n) is 1.72. The molecule has 0 aliphatic carbocycles. The second-order valence-electron chi connectivity index (χ2n) is 4.09. The van der Waals surface area contributed by atoms with Crippen molar-refractivity contribution >= 4 is 11.9 Å². The van der Waals surface area contributed by atoms with Gasteiger partial charge in [0.05, 0.1) is 6.54 Å². The van der Waals surface area contributed by atoms with Crippen LogP contribution in [-0.4, -0.2) is 36.5 Å². The molecule has 1 aromatic carbocycles. The van der Waals surface area contributed by atoms with E-state index in [1.54, 1.807) is 7.05 Å². The van der Waals surface area contributed by atoms with E-state index in [1.807, 2.05) is 30.3 Å². The molecule has 1 saturated heterocycles. The second-order valence-corrected chi connectivity index (χ2v) is 4.09. The monoisotopic (exact) mass is 233 g/mol. The van der Waals surface area contributed by atoms with Gasteiger partial charge in [-0.05, 0) is 5.56 Å². The standard InChI is InChI=1S/C12H15N3O2/c1-15-8-10(14-12(15)17)11(16)13-7-9-5-3-2-4-6-9/h2-6,10H,7-8H2,1H3,(H,13,16)(H,14,17). The van der Waals surface area contributed by atoms with Gasteiger partial charge in [-0.2, -0.15) is 0 Å². The third-order valence-corrected chi connectivity index (χ3v) is 2.73. The number of urea groups is 1. The van der Waals surface area contributed by atoms with Crippen molar-refractivity contribution < 1.29 is 9.59 Å². The normalized spacial score (nSPS) is 19.0. The summed E-state index contributed by atoms with van der Waals surface area (Å²) in [4.78, 5) is 24.4. The number of carbonyl (C=O) groups is 2. The summed E-state index contributed by atoms with van der Waals surface area (Å²) in [5.41, 5.74) is 1.04. The Bertz CT molecular complexity index is 419. The molecule has 1 unspecified atom stereocenters. The molecular formula is C12H15N3O2. The van der Waals surface area contributed by atoms with Crippen molar-refractivity contribution in [3.8, 4) is 0 Å². The fourth-order valence-corrected chi connectivity index (χ4v) is 1.72. The fraction of sp³-hybridized carbons (Fsp3) is 0.333. The minimum Gasteiger partial charge on any atom is -0.350 e. The van der Waals surface area contributed by atoms with Crippen molar-refractivity contribution in [2.24, 2.45) is 0 Å². The summed E-state index contributed by atoms with van der Waals surface area (Å²) in [5, 5.41) is 5.42. The summed E-state index contributed by atoms with van der Waals surface area (Å²) >= 11 is 0. The summed E-state index contributed by atoms with van der Waals surface area (Å²) in [6.07, 6.45) is 0. The predicted molar refractivity (Wildman–Crippen MR) is 63.2 cm³/mol. The maximum Gasteiger partial charge on any atom is 0.317 e. The molecule has 0 bridgehead atoms. The molecule has 1 fully saturated rings. The van der Waals surface area contributed by atoms with Crippen molar-refractivity contribution in [2.75, 3.05) is 13.6 Å². The zero-order chi connectivity index (χ0) is 12.3. The maximum atomic E-state index is 11.8. The van der Waals surface area contributed by atoms with Gasteiger partial charge in [-0.3, -0.25) is 4.79 Å². The van der Waals surface area contributed by atoms with Crippen molar-refractivity contribution in [2.45, 2.75) is 12.6 Å². The molecule has 1 aromatic rings. The highest BCUT2D eigenvalue weighted by atomic mass is 16.2. The van der Waals surface area contributed by atoms with Gasteiger partial charge in [-0.15, -0.1) is 0 Å². The molecule has 17 heavy (non-hydrogen) atoms. The number of likely N-dealkylation sites (N-methyl/N-ethyl adjacent to an activating group) is 1. The first-order valence-electron chi connectivity index (χ1n) is 5.50. The lowest BCUT2D eigenvalue weighted by atomic mass is 10.2. The van der Waals surface area contributed by atoms with E-state index >= 15 is 0 Å². The van der Waals surface area contributed by atoms with E-state index in [-0.39, 0.29) is 11.9 Å². The summed E-state index contributed by atoms with van der Waals surface area (Å²) in [5.74, 6) is -0.147. The number of nitrogens with one attached hydrogen (secondary N) is 2. The molecule has 1 heterocycles. The Labute approximate surface area is 99.8 Å². The lowest BCUT2D eigenvalue weighted by Gasteiger charge is -2.10. The summed E-state index contributed by atoms with van der Waals surface area (Å²) in [7, 11) is 1.67. The molecular weight excluding hydrogens is 218 g/mol. The Kier molecular flexibility index (Phi) is 3.27. The molecule has 5 heteroatoms. The van der Waals surface area contributed by atoms with Gasteiger partial charge in [0, 0.05) is 13.6 Å². The van der Waals surface area contributed by atoms with Crippen molar-refractivity contribution in [3.63, 3.8) is 0 Å². The molecule has 2 rings (SSSR count). The molecule has 3 amide bonds. The van der Waals surface area contributed by atoms with Gasteiger partial charge in [0.2, 0.25) is 5.91 Å². The molecule has 2 N–H and O–H groups in total.